The number of carbonyl (C=O) groups excluding carboxylic acids is 1. The van der Waals surface area contributed by atoms with Gasteiger partial charge in [-0.05, 0) is 19.8 Å². The summed E-state index contributed by atoms with van der Waals surface area (Å²) >= 11 is 3.62. The second-order valence-corrected chi connectivity index (χ2v) is 4.81. The molecule has 0 aromatic rings. The molecule has 0 spiro atoms. The van der Waals surface area contributed by atoms with Crippen LogP contribution in [0.2, 0.25) is 0 Å². The molecule has 0 atom stereocenters. The molecule has 0 N–H and O–H groups in total. The van der Waals surface area contributed by atoms with Crippen LogP contribution in [0.4, 0.5) is 0 Å². The van der Waals surface area contributed by atoms with Gasteiger partial charge in [-0.15, -0.1) is 0 Å². The summed E-state index contributed by atoms with van der Waals surface area (Å²) in [7, 11) is 0. The van der Waals surface area contributed by atoms with Gasteiger partial charge in [0.25, 0.3) is 0 Å². The molecular weight excluding hydrogens is 494 g/mol. The van der Waals surface area contributed by atoms with Crippen LogP contribution in [0.25, 0.3) is 0 Å². The summed E-state index contributed by atoms with van der Waals surface area (Å²) in [5, 5.41) is 6.25. The van der Waals surface area contributed by atoms with Crippen LogP contribution in [0.5, 0.6) is 0 Å². The molecule has 0 amide bonds. The summed E-state index contributed by atoms with van der Waals surface area (Å²) in [4.78, 5) is 11.5. The molecule has 1 fully saturated rings. The number of nitrogens with zero attached hydrogens (tertiary/aromatic N) is 1. The fraction of sp³-hybridized carbons (Fsp3) is 0.750. The Morgan fingerprint density at radius 3 is 2.27 bits per heavy atom. The van der Waals surface area contributed by atoms with Gasteiger partial charge >= 0.3 is 51.6 Å². The summed E-state index contributed by atoms with van der Waals surface area (Å²) in [5.74, 6) is 0.309. The van der Waals surface area contributed by atoms with Crippen LogP contribution in [-0.4, -0.2) is 12.6 Å². The molecule has 1 aliphatic rings. The summed E-state index contributed by atoms with van der Waals surface area (Å²) in [6, 6.07) is 0. The number of hydrogen-bond acceptors (Lipinski definition) is 3. The first-order valence-corrected chi connectivity index (χ1v) is 16.6. The predicted octanol–water partition coefficient (Wildman–Crippen LogP) is 5.03. The normalized spacial score (nSPS) is 14.4. The van der Waals surface area contributed by atoms with E-state index < -0.39 is 0 Å². The van der Waals surface area contributed by atoms with Crippen LogP contribution in [0.1, 0.15) is 65.2 Å². The Kier molecular flexibility index (Phi) is 26.9. The van der Waals surface area contributed by atoms with Crippen molar-refractivity contribution < 1.29 is 41.4 Å². The van der Waals surface area contributed by atoms with E-state index in [4.69, 9.17) is 16.6 Å². The summed E-state index contributed by atoms with van der Waals surface area (Å²) in [6.07, 6.45) is 12.7. The molecule has 0 saturated heterocycles. The minimum atomic E-state index is -0.274. The van der Waals surface area contributed by atoms with Gasteiger partial charge in [0.2, 0.25) is 0 Å². The van der Waals surface area contributed by atoms with Crippen LogP contribution in [0.15, 0.2) is 5.57 Å². The Hall–Kier alpha value is 0.573. The Bertz CT molecular complexity index is 306. The molecule has 0 aliphatic heterocycles. The van der Waals surface area contributed by atoms with Crippen LogP contribution in [0, 0.1) is 23.8 Å². The van der Waals surface area contributed by atoms with Crippen LogP contribution >= 0.6 is 19.8 Å². The van der Waals surface area contributed by atoms with Crippen molar-refractivity contribution >= 4 is 25.7 Å². The Morgan fingerprint density at radius 1 is 1.27 bits per heavy atom. The zero-order valence-electron chi connectivity index (χ0n) is 13.6. The van der Waals surface area contributed by atoms with E-state index in [1.807, 2.05) is 6.92 Å². The van der Waals surface area contributed by atoms with Crippen LogP contribution in [0.3, 0.4) is 0 Å². The monoisotopic (exact) mass is 517 g/mol. The van der Waals surface area contributed by atoms with Crippen molar-refractivity contribution in [2.24, 2.45) is 5.92 Å². The van der Waals surface area contributed by atoms with E-state index in [-0.39, 0.29) is 23.0 Å². The summed E-state index contributed by atoms with van der Waals surface area (Å²) in [5.41, 5.74) is 1.21. The first-order chi connectivity index (χ1) is 10.3. The zero-order valence-corrected chi connectivity index (χ0v) is 19.7. The number of hydrogen-bond donors (Lipinski definition) is 0. The van der Waals surface area contributed by atoms with E-state index >= 15 is 0 Å². The van der Waals surface area contributed by atoms with Gasteiger partial charge in [0.1, 0.15) is 5.97 Å². The van der Waals surface area contributed by atoms with Crippen LogP contribution in [-0.2, 0) is 41.4 Å². The van der Waals surface area contributed by atoms with Gasteiger partial charge in [-0.25, -0.2) is 5.57 Å². The third-order valence-electron chi connectivity index (χ3n) is 3.44. The quantitative estimate of drug-likeness (QED) is 0.163. The predicted molar refractivity (Wildman–Crippen MR) is 88.5 cm³/mol. The molecule has 126 valence electrons. The number of ether oxygens (including phenoxy) is 1. The SMILES string of the molecule is CCCCC(=[C-]C(=O)OCC)C1CCCCC1.[C-]#N.[Cu+].[Zn+][I]. The molecule has 0 radical (unpaired) electrons. The Morgan fingerprint density at radius 2 is 1.82 bits per heavy atom. The van der Waals surface area contributed by atoms with Crippen molar-refractivity contribution in [1.29, 1.82) is 5.26 Å². The molecule has 22 heavy (non-hydrogen) atoms. The van der Waals surface area contributed by atoms with Crippen molar-refractivity contribution in [3.63, 3.8) is 0 Å². The number of esters is 1. The van der Waals surface area contributed by atoms with Crippen molar-refractivity contribution in [2.45, 2.75) is 65.2 Å². The van der Waals surface area contributed by atoms with E-state index in [1.165, 1.54) is 58.9 Å². The third-order valence-corrected chi connectivity index (χ3v) is 3.44. The first-order valence-electron chi connectivity index (χ1n) is 7.56. The molecule has 1 rings (SSSR count). The number of rotatable bonds is 6. The molecule has 0 aromatic heterocycles. The topological polar surface area (TPSA) is 50.1 Å². The van der Waals surface area contributed by atoms with Crippen molar-refractivity contribution in [3.8, 4) is 0 Å². The second kappa shape index (κ2) is 21.6. The number of allylic oxidation sites excluding steroid dienone is 1. The molecule has 0 unspecified atom stereocenters. The maximum absolute atomic E-state index is 11.5. The molecule has 0 aromatic carbocycles. The molecule has 3 nitrogen and oxygen atoms in total. The first kappa shape index (κ1) is 27.4. The van der Waals surface area contributed by atoms with Gasteiger partial charge in [-0.3, -0.25) is 4.79 Å². The van der Waals surface area contributed by atoms with Gasteiger partial charge < -0.3 is 22.6 Å². The number of carbonyl (C=O) groups is 1. The van der Waals surface area contributed by atoms with Gasteiger partial charge in [0.05, 0.1) is 6.61 Å². The molecule has 1 aliphatic carbocycles. The summed E-state index contributed by atoms with van der Waals surface area (Å²) < 4.78 is 4.97. The molecule has 1 saturated carbocycles. The molecule has 0 heterocycles. The number of unbranched alkanes of at least 4 members (excludes halogenated alkanes) is 1. The summed E-state index contributed by atoms with van der Waals surface area (Å²) in [6.45, 7) is 9.21. The average Bonchev–Trinajstić information content (AvgIpc) is 2.56. The molecule has 0 bridgehead atoms. The van der Waals surface area contributed by atoms with Gasteiger partial charge in [-0.1, -0.05) is 51.4 Å². The van der Waals surface area contributed by atoms with Gasteiger partial charge in [0, 0.05) is 0 Å². The zero-order chi connectivity index (χ0) is 16.5. The molecule has 6 heteroatoms. The third kappa shape index (κ3) is 14.2. The average molecular weight is 519 g/mol. The van der Waals surface area contributed by atoms with E-state index in [0.29, 0.717) is 12.5 Å². The fourth-order valence-corrected chi connectivity index (χ4v) is 2.49. The Balaban J connectivity index is -0.000000665. The van der Waals surface area contributed by atoms with E-state index in [0.717, 1.165) is 12.8 Å². The second-order valence-electron chi connectivity index (χ2n) is 4.81. The van der Waals surface area contributed by atoms with E-state index in [1.54, 1.807) is 0 Å². The fourth-order valence-electron chi connectivity index (χ4n) is 2.49. The van der Waals surface area contributed by atoms with Crippen molar-refractivity contribution in [2.75, 3.05) is 6.61 Å². The van der Waals surface area contributed by atoms with Crippen molar-refractivity contribution in [3.05, 3.63) is 18.2 Å². The number of halogens is 1. The Labute approximate surface area is 167 Å². The van der Waals surface area contributed by atoms with Gasteiger partial charge in [-0.2, -0.15) is 0 Å². The minimum absolute atomic E-state index is 0. The van der Waals surface area contributed by atoms with Crippen molar-refractivity contribution in [1.82, 2.24) is 0 Å². The van der Waals surface area contributed by atoms with E-state index in [9.17, 15) is 4.79 Å². The standard InChI is InChI=1S/C15H25O2.CN.Cu.HI.Zn/c1-3-5-9-14(12-15(16)17-4-2)13-10-7-6-8-11-13;1-2;;;/h13H,3-11H2,1-2H3;;;1H;/q2*-1;+1;;+2/p-1. The van der Waals surface area contributed by atoms with Gasteiger partial charge in [0.15, 0.2) is 0 Å². The van der Waals surface area contributed by atoms with E-state index in [2.05, 4.69) is 32.7 Å². The molecular formula is C16H25CuINO2Zn. The van der Waals surface area contributed by atoms with Crippen LogP contribution < -0.4 is 0 Å². The maximum atomic E-state index is 11.5.